The molecule has 1 atom stereocenters. The summed E-state index contributed by atoms with van der Waals surface area (Å²) in [7, 11) is 0. The van der Waals surface area contributed by atoms with Crippen LogP contribution in [0.25, 0.3) is 0 Å². The first kappa shape index (κ1) is 25.4. The van der Waals surface area contributed by atoms with E-state index in [2.05, 4.69) is 43.0 Å². The Balaban J connectivity index is 1.49. The highest BCUT2D eigenvalue weighted by Gasteiger charge is 2.19. The van der Waals surface area contributed by atoms with E-state index in [9.17, 15) is 14.7 Å². The van der Waals surface area contributed by atoms with E-state index >= 15 is 0 Å². The number of hydrogen-bond donors (Lipinski definition) is 4. The van der Waals surface area contributed by atoms with E-state index < -0.39 is 12.0 Å². The minimum atomic E-state index is -0.949. The Morgan fingerprint density at radius 2 is 2.06 bits per heavy atom. The van der Waals surface area contributed by atoms with Crippen LogP contribution in [-0.2, 0) is 22.4 Å². The van der Waals surface area contributed by atoms with Crippen molar-refractivity contribution in [3.05, 3.63) is 41.5 Å². The molecule has 0 fully saturated rings. The maximum Gasteiger partial charge on any atom is 0.326 e. The highest BCUT2D eigenvalue weighted by Crippen LogP contribution is 2.20. The van der Waals surface area contributed by atoms with E-state index in [4.69, 9.17) is 4.98 Å². The van der Waals surface area contributed by atoms with Gasteiger partial charge in [0.2, 0.25) is 5.91 Å². The standard InChI is InChI=1S/C24H35N7O3/c1-17-14-25-15-22(28-17)30-21(24(33)34)10-13-31(16-27-18(2)32)12-4-3-7-20-9-8-19-6-5-11-26-23(19)29-20/h8-9,14-15,21H,3-7,10-13,16H2,1-2H3,(H,26,29)(H,27,32)(H,28,30)(H,33,34). The first-order chi connectivity index (χ1) is 16.4. The Morgan fingerprint density at radius 3 is 2.82 bits per heavy atom. The van der Waals surface area contributed by atoms with Gasteiger partial charge in [-0.3, -0.25) is 14.7 Å². The maximum absolute atomic E-state index is 11.8. The highest BCUT2D eigenvalue weighted by molar-refractivity contribution is 5.76. The van der Waals surface area contributed by atoms with Gasteiger partial charge in [-0.05, 0) is 63.6 Å². The van der Waals surface area contributed by atoms with Gasteiger partial charge in [-0.2, -0.15) is 0 Å². The Labute approximate surface area is 200 Å². The Kier molecular flexibility index (Phi) is 9.57. The lowest BCUT2D eigenvalue weighted by Crippen LogP contribution is -2.41. The maximum atomic E-state index is 11.8. The minimum Gasteiger partial charge on any atom is -0.480 e. The number of carbonyl (C=O) groups excluding carboxylic acids is 1. The van der Waals surface area contributed by atoms with Crippen LogP contribution in [0.2, 0.25) is 0 Å². The number of unbranched alkanes of at least 4 members (excludes halogenated alkanes) is 1. The van der Waals surface area contributed by atoms with E-state index in [0.29, 0.717) is 31.1 Å². The first-order valence-electron chi connectivity index (χ1n) is 11.9. The molecule has 3 heterocycles. The van der Waals surface area contributed by atoms with Crippen LogP contribution in [0.15, 0.2) is 24.5 Å². The van der Waals surface area contributed by atoms with Crippen molar-refractivity contribution in [2.45, 2.75) is 58.4 Å². The van der Waals surface area contributed by atoms with Crippen molar-refractivity contribution in [2.75, 3.05) is 36.9 Å². The van der Waals surface area contributed by atoms with Crippen molar-refractivity contribution in [3.63, 3.8) is 0 Å². The zero-order chi connectivity index (χ0) is 24.3. The van der Waals surface area contributed by atoms with Gasteiger partial charge in [-0.25, -0.2) is 14.8 Å². The van der Waals surface area contributed by atoms with Gasteiger partial charge in [0.05, 0.1) is 18.6 Å². The summed E-state index contributed by atoms with van der Waals surface area (Å²) in [5.41, 5.74) is 3.08. The number of aryl methyl sites for hydroxylation is 3. The van der Waals surface area contributed by atoms with Crippen molar-refractivity contribution < 1.29 is 14.7 Å². The lowest BCUT2D eigenvalue weighted by molar-refractivity contribution is -0.138. The fourth-order valence-electron chi connectivity index (χ4n) is 3.92. The summed E-state index contributed by atoms with van der Waals surface area (Å²) in [4.78, 5) is 38.4. The molecule has 10 heteroatoms. The number of amides is 1. The molecule has 0 aromatic carbocycles. The van der Waals surface area contributed by atoms with Crippen LogP contribution in [0.5, 0.6) is 0 Å². The molecule has 184 valence electrons. The third-order valence-corrected chi connectivity index (χ3v) is 5.77. The number of anilines is 2. The number of carboxylic acids is 1. The van der Waals surface area contributed by atoms with Gasteiger partial charge in [0.25, 0.3) is 0 Å². The van der Waals surface area contributed by atoms with Gasteiger partial charge < -0.3 is 21.1 Å². The molecular weight excluding hydrogens is 434 g/mol. The summed E-state index contributed by atoms with van der Waals surface area (Å²) < 4.78 is 0. The zero-order valence-electron chi connectivity index (χ0n) is 20.0. The molecule has 4 N–H and O–H groups in total. The number of rotatable bonds is 13. The molecule has 0 radical (unpaired) electrons. The number of pyridine rings is 1. The van der Waals surface area contributed by atoms with Crippen LogP contribution in [0.4, 0.5) is 11.6 Å². The molecule has 0 aliphatic carbocycles. The number of nitrogens with one attached hydrogen (secondary N) is 3. The molecule has 3 rings (SSSR count). The predicted octanol–water partition coefficient (Wildman–Crippen LogP) is 2.21. The third-order valence-electron chi connectivity index (χ3n) is 5.77. The van der Waals surface area contributed by atoms with Gasteiger partial charge in [-0.15, -0.1) is 0 Å². The molecule has 0 saturated heterocycles. The van der Waals surface area contributed by atoms with Crippen LogP contribution < -0.4 is 16.0 Å². The second-order valence-electron chi connectivity index (χ2n) is 8.68. The number of fused-ring (bicyclic) bond motifs is 1. The second kappa shape index (κ2) is 12.8. The predicted molar refractivity (Wildman–Crippen MR) is 131 cm³/mol. The summed E-state index contributed by atoms with van der Waals surface area (Å²) >= 11 is 0. The highest BCUT2D eigenvalue weighted by atomic mass is 16.4. The molecule has 1 amide bonds. The monoisotopic (exact) mass is 469 g/mol. The Morgan fingerprint density at radius 1 is 1.21 bits per heavy atom. The molecule has 0 bridgehead atoms. The molecular formula is C24H35N7O3. The first-order valence-corrected chi connectivity index (χ1v) is 11.9. The Bertz CT molecular complexity index is 969. The number of nitrogens with zero attached hydrogens (tertiary/aromatic N) is 4. The number of aromatic nitrogens is 3. The second-order valence-corrected chi connectivity index (χ2v) is 8.68. The van der Waals surface area contributed by atoms with Crippen LogP contribution >= 0.6 is 0 Å². The molecule has 34 heavy (non-hydrogen) atoms. The van der Waals surface area contributed by atoms with Gasteiger partial charge in [0, 0.05) is 31.9 Å². The zero-order valence-corrected chi connectivity index (χ0v) is 20.0. The summed E-state index contributed by atoms with van der Waals surface area (Å²) in [6, 6.07) is 3.48. The van der Waals surface area contributed by atoms with E-state index in [1.165, 1.54) is 18.7 Å². The van der Waals surface area contributed by atoms with Crippen LogP contribution in [0.3, 0.4) is 0 Å². The van der Waals surface area contributed by atoms with Gasteiger partial charge >= 0.3 is 5.97 Å². The van der Waals surface area contributed by atoms with E-state index in [1.807, 2.05) is 0 Å². The number of carboxylic acid groups (broad SMARTS) is 1. The van der Waals surface area contributed by atoms with Crippen LogP contribution in [0.1, 0.15) is 49.6 Å². The molecule has 0 spiro atoms. The number of aliphatic carboxylic acids is 1. The van der Waals surface area contributed by atoms with E-state index in [-0.39, 0.29) is 5.91 Å². The van der Waals surface area contributed by atoms with Crippen molar-refractivity contribution >= 4 is 23.5 Å². The topological polar surface area (TPSA) is 132 Å². The molecule has 1 aliphatic rings. The molecule has 2 aromatic heterocycles. The van der Waals surface area contributed by atoms with E-state index in [1.54, 1.807) is 13.1 Å². The van der Waals surface area contributed by atoms with Crippen LogP contribution in [-0.4, -0.2) is 69.2 Å². The van der Waals surface area contributed by atoms with Gasteiger partial charge in [0.1, 0.15) is 17.7 Å². The third kappa shape index (κ3) is 8.26. The van der Waals surface area contributed by atoms with Crippen molar-refractivity contribution in [3.8, 4) is 0 Å². The quantitative estimate of drug-likeness (QED) is 0.257. The fourth-order valence-corrected chi connectivity index (χ4v) is 3.92. The number of carbonyl (C=O) groups is 2. The normalized spacial score (nSPS) is 13.6. The summed E-state index contributed by atoms with van der Waals surface area (Å²) in [6.45, 7) is 5.91. The smallest absolute Gasteiger partial charge is 0.326 e. The molecule has 2 aromatic rings. The van der Waals surface area contributed by atoms with Gasteiger partial charge in [-0.1, -0.05) is 6.07 Å². The largest absolute Gasteiger partial charge is 0.480 e. The van der Waals surface area contributed by atoms with Gasteiger partial charge in [0.15, 0.2) is 0 Å². The molecule has 1 aliphatic heterocycles. The lowest BCUT2D eigenvalue weighted by Gasteiger charge is -2.24. The molecule has 0 saturated carbocycles. The molecule has 1 unspecified atom stereocenters. The lowest BCUT2D eigenvalue weighted by atomic mass is 10.1. The van der Waals surface area contributed by atoms with Crippen molar-refractivity contribution in [2.24, 2.45) is 0 Å². The summed E-state index contributed by atoms with van der Waals surface area (Å²) in [5.74, 6) is 0.392. The molecule has 10 nitrogen and oxygen atoms in total. The van der Waals surface area contributed by atoms with Crippen molar-refractivity contribution in [1.82, 2.24) is 25.2 Å². The average molecular weight is 470 g/mol. The number of hydrogen-bond acceptors (Lipinski definition) is 8. The summed E-state index contributed by atoms with van der Waals surface area (Å²) in [6.07, 6.45) is 8.48. The fraction of sp³-hybridized carbons (Fsp3) is 0.542. The summed E-state index contributed by atoms with van der Waals surface area (Å²) in [5, 5.41) is 18.8. The minimum absolute atomic E-state index is 0.112. The van der Waals surface area contributed by atoms with Crippen molar-refractivity contribution in [1.29, 1.82) is 0 Å². The average Bonchev–Trinajstić information content (AvgIpc) is 2.81. The van der Waals surface area contributed by atoms with Crippen LogP contribution in [0, 0.1) is 6.92 Å². The SMILES string of the molecule is CC(=O)NCN(CCCCc1ccc2c(n1)NCCC2)CCC(Nc1cncc(C)n1)C(=O)O. The van der Waals surface area contributed by atoms with E-state index in [0.717, 1.165) is 56.7 Å². The Hall–Kier alpha value is -3.27.